The third-order valence-corrected chi connectivity index (χ3v) is 9.42. The molecule has 6 aromatic rings. The number of nitrogens with zero attached hydrogens (tertiary/aromatic N) is 4. The summed E-state index contributed by atoms with van der Waals surface area (Å²) < 4.78 is 2.18. The van der Waals surface area contributed by atoms with Crippen LogP contribution in [0.5, 0.6) is 0 Å². The third kappa shape index (κ3) is 5.24. The normalized spacial score (nSPS) is 15.2. The van der Waals surface area contributed by atoms with E-state index in [2.05, 4.69) is 59.2 Å². The monoisotopic (exact) mass is 660 g/mol. The van der Waals surface area contributed by atoms with Crippen molar-refractivity contribution in [3.8, 4) is 22.6 Å². The Labute approximate surface area is 290 Å². The summed E-state index contributed by atoms with van der Waals surface area (Å²) in [6, 6.07) is 46.4. The Morgan fingerprint density at radius 3 is 1.69 bits per heavy atom. The molecule has 2 aliphatic rings. The van der Waals surface area contributed by atoms with Gasteiger partial charge in [-0.05, 0) is 36.6 Å². The SMILES string of the molecule is Clc1ccccc1-c1nc(-c2ccccc2)c(C2=CC=CCC2)n1C1(c2ccccc2Cl)N=C(c2ccccc2)C(c2ccccc2)=N1. The van der Waals surface area contributed by atoms with Crippen molar-refractivity contribution in [2.45, 2.75) is 18.6 Å². The molecule has 1 aromatic heterocycles. The predicted octanol–water partition coefficient (Wildman–Crippen LogP) is 10.9. The number of rotatable bonds is 7. The summed E-state index contributed by atoms with van der Waals surface area (Å²) in [5.41, 5.74) is 8.85. The average molecular weight is 662 g/mol. The van der Waals surface area contributed by atoms with Gasteiger partial charge in [0.2, 0.25) is 0 Å². The maximum absolute atomic E-state index is 7.20. The van der Waals surface area contributed by atoms with Gasteiger partial charge in [0.15, 0.2) is 0 Å². The van der Waals surface area contributed by atoms with Gasteiger partial charge in [0.05, 0.1) is 32.9 Å². The summed E-state index contributed by atoms with van der Waals surface area (Å²) in [5.74, 6) is -0.723. The molecule has 0 unspecified atom stereocenters. The summed E-state index contributed by atoms with van der Waals surface area (Å²) in [6.07, 6.45) is 8.22. The highest BCUT2D eigenvalue weighted by Crippen LogP contribution is 2.48. The highest BCUT2D eigenvalue weighted by atomic mass is 35.5. The molecule has 0 saturated heterocycles. The van der Waals surface area contributed by atoms with Gasteiger partial charge in [-0.25, -0.2) is 15.0 Å². The first-order chi connectivity index (χ1) is 23.6. The molecule has 0 atom stereocenters. The van der Waals surface area contributed by atoms with Gasteiger partial charge in [-0.3, -0.25) is 4.57 Å². The molecular formula is C42H30Cl2N4. The molecule has 0 bridgehead atoms. The van der Waals surface area contributed by atoms with Crippen LogP contribution >= 0.6 is 23.2 Å². The molecule has 48 heavy (non-hydrogen) atoms. The van der Waals surface area contributed by atoms with E-state index in [1.165, 1.54) is 0 Å². The van der Waals surface area contributed by atoms with Gasteiger partial charge >= 0.3 is 0 Å². The smallest absolute Gasteiger partial charge is 0.263 e. The Balaban J connectivity index is 1.57. The molecule has 0 spiro atoms. The number of allylic oxidation sites excluding steroid dienone is 4. The van der Waals surface area contributed by atoms with Crippen molar-refractivity contribution in [1.29, 1.82) is 0 Å². The zero-order chi connectivity index (χ0) is 32.5. The zero-order valence-corrected chi connectivity index (χ0v) is 27.5. The van der Waals surface area contributed by atoms with E-state index in [0.29, 0.717) is 15.9 Å². The van der Waals surface area contributed by atoms with E-state index in [-0.39, 0.29) is 0 Å². The van der Waals surface area contributed by atoms with E-state index in [0.717, 1.165) is 69.0 Å². The molecule has 2 heterocycles. The Morgan fingerprint density at radius 2 is 1.12 bits per heavy atom. The molecule has 1 aliphatic carbocycles. The van der Waals surface area contributed by atoms with Crippen LogP contribution in [0.2, 0.25) is 10.0 Å². The van der Waals surface area contributed by atoms with E-state index in [4.69, 9.17) is 38.2 Å². The summed E-state index contributed by atoms with van der Waals surface area (Å²) in [6.45, 7) is 0. The van der Waals surface area contributed by atoms with Crippen LogP contribution in [0.25, 0.3) is 28.2 Å². The lowest BCUT2D eigenvalue weighted by molar-refractivity contribution is 0.401. The highest BCUT2D eigenvalue weighted by molar-refractivity contribution is 6.54. The van der Waals surface area contributed by atoms with Crippen molar-refractivity contribution in [3.05, 3.63) is 190 Å². The molecule has 5 aromatic carbocycles. The quantitative estimate of drug-likeness (QED) is 0.168. The van der Waals surface area contributed by atoms with Gasteiger partial charge in [0.25, 0.3) is 5.79 Å². The maximum atomic E-state index is 7.20. The highest BCUT2D eigenvalue weighted by Gasteiger charge is 2.46. The Morgan fingerprint density at radius 1 is 0.583 bits per heavy atom. The van der Waals surface area contributed by atoms with Gasteiger partial charge in [-0.15, -0.1) is 0 Å². The number of halogens is 2. The minimum atomic E-state index is -1.37. The van der Waals surface area contributed by atoms with E-state index >= 15 is 0 Å². The van der Waals surface area contributed by atoms with Crippen molar-refractivity contribution < 1.29 is 0 Å². The topological polar surface area (TPSA) is 42.5 Å². The zero-order valence-electron chi connectivity index (χ0n) is 26.0. The Kier molecular flexibility index (Phi) is 7.97. The van der Waals surface area contributed by atoms with Crippen molar-refractivity contribution >= 4 is 40.2 Å². The fourth-order valence-electron chi connectivity index (χ4n) is 6.55. The lowest BCUT2D eigenvalue weighted by atomic mass is 9.96. The molecule has 4 nitrogen and oxygen atoms in total. The molecule has 1 aliphatic heterocycles. The third-order valence-electron chi connectivity index (χ3n) is 8.76. The predicted molar refractivity (Wildman–Crippen MR) is 199 cm³/mol. The lowest BCUT2D eigenvalue weighted by Gasteiger charge is -2.31. The van der Waals surface area contributed by atoms with E-state index in [1.54, 1.807) is 0 Å². The molecular weight excluding hydrogens is 631 g/mol. The minimum Gasteiger partial charge on any atom is -0.275 e. The van der Waals surface area contributed by atoms with Gasteiger partial charge in [-0.2, -0.15) is 0 Å². The molecule has 0 radical (unpaired) electrons. The fraction of sp³-hybridized carbons (Fsp3) is 0.0714. The summed E-state index contributed by atoms with van der Waals surface area (Å²) >= 11 is 14.2. The summed E-state index contributed by atoms with van der Waals surface area (Å²) in [7, 11) is 0. The molecule has 0 amide bonds. The standard InChI is InChI=1S/C42H30Cl2N4/c43-35-27-15-13-25-33(35)41-45-39(31-21-9-3-10-22-31)40(32-23-11-4-12-24-32)48(41)42(34-26-14-16-28-36(34)44)46-37(29-17-5-1-6-18-29)38(47-42)30-19-7-2-8-20-30/h1-11,13-23,25-28H,12,24H2. The maximum Gasteiger partial charge on any atom is 0.263 e. The largest absolute Gasteiger partial charge is 0.275 e. The number of hydrogen-bond acceptors (Lipinski definition) is 3. The van der Waals surface area contributed by atoms with Crippen LogP contribution in [-0.4, -0.2) is 21.0 Å². The molecule has 232 valence electrons. The van der Waals surface area contributed by atoms with Crippen LogP contribution in [0, 0.1) is 0 Å². The van der Waals surface area contributed by atoms with Crippen LogP contribution in [0.4, 0.5) is 0 Å². The number of imidazole rings is 1. The molecule has 0 N–H and O–H groups in total. The van der Waals surface area contributed by atoms with Crippen LogP contribution in [0.15, 0.2) is 168 Å². The number of aliphatic imine (C=N–C) groups is 2. The second-order valence-electron chi connectivity index (χ2n) is 11.7. The first kappa shape index (κ1) is 30.1. The van der Waals surface area contributed by atoms with Gasteiger partial charge in [-0.1, -0.05) is 163 Å². The molecule has 0 fully saturated rings. The van der Waals surface area contributed by atoms with Crippen molar-refractivity contribution in [2.75, 3.05) is 0 Å². The van der Waals surface area contributed by atoms with Crippen LogP contribution in [0.3, 0.4) is 0 Å². The van der Waals surface area contributed by atoms with Crippen molar-refractivity contribution in [3.63, 3.8) is 0 Å². The first-order valence-corrected chi connectivity index (χ1v) is 16.8. The fourth-order valence-corrected chi connectivity index (χ4v) is 7.03. The molecule has 8 rings (SSSR count). The first-order valence-electron chi connectivity index (χ1n) is 16.0. The molecule has 6 heteroatoms. The average Bonchev–Trinajstić information content (AvgIpc) is 3.75. The van der Waals surface area contributed by atoms with Crippen LogP contribution < -0.4 is 0 Å². The minimum absolute atomic E-state index is 0.551. The van der Waals surface area contributed by atoms with Gasteiger partial charge < -0.3 is 0 Å². The second kappa shape index (κ2) is 12.7. The van der Waals surface area contributed by atoms with Crippen molar-refractivity contribution in [1.82, 2.24) is 9.55 Å². The Hall–Kier alpha value is -5.29. The summed E-state index contributed by atoms with van der Waals surface area (Å²) in [4.78, 5) is 16.8. The summed E-state index contributed by atoms with van der Waals surface area (Å²) in [5, 5.41) is 1.13. The van der Waals surface area contributed by atoms with Gasteiger partial charge in [0, 0.05) is 27.8 Å². The number of hydrogen-bond donors (Lipinski definition) is 0. The van der Waals surface area contributed by atoms with Crippen LogP contribution in [0.1, 0.15) is 35.2 Å². The van der Waals surface area contributed by atoms with E-state index in [1.807, 2.05) is 103 Å². The van der Waals surface area contributed by atoms with E-state index in [9.17, 15) is 0 Å². The van der Waals surface area contributed by atoms with E-state index < -0.39 is 5.79 Å². The van der Waals surface area contributed by atoms with Crippen LogP contribution in [-0.2, 0) is 5.79 Å². The number of benzene rings is 5. The lowest BCUT2D eigenvalue weighted by Crippen LogP contribution is -2.32. The Bertz CT molecular complexity index is 2190. The van der Waals surface area contributed by atoms with Gasteiger partial charge in [0.1, 0.15) is 5.82 Å². The molecule has 0 saturated carbocycles. The van der Waals surface area contributed by atoms with Crippen molar-refractivity contribution in [2.24, 2.45) is 9.98 Å². The number of aromatic nitrogens is 2. The second-order valence-corrected chi connectivity index (χ2v) is 12.6.